The Morgan fingerprint density at radius 2 is 2.37 bits per heavy atom. The van der Waals surface area contributed by atoms with Gasteiger partial charge in [0.2, 0.25) is 0 Å². The molecule has 6 heteroatoms. The Labute approximate surface area is 113 Å². The van der Waals surface area contributed by atoms with Crippen LogP contribution in [0.15, 0.2) is 12.4 Å². The molecule has 2 heterocycles. The fourth-order valence-electron chi connectivity index (χ4n) is 1.95. The molecule has 1 atom stereocenters. The zero-order chi connectivity index (χ0) is 13.7. The molecule has 0 aliphatic carbocycles. The molecule has 0 bridgehead atoms. The number of hydrogen-bond donors (Lipinski definition) is 1. The summed E-state index contributed by atoms with van der Waals surface area (Å²) in [4.78, 5) is 22.4. The fraction of sp³-hybridized carbons (Fsp3) is 0.615. The van der Waals surface area contributed by atoms with E-state index in [4.69, 9.17) is 4.74 Å². The van der Waals surface area contributed by atoms with E-state index in [2.05, 4.69) is 22.2 Å². The van der Waals surface area contributed by atoms with Gasteiger partial charge < -0.3 is 15.0 Å². The van der Waals surface area contributed by atoms with Crippen LogP contribution >= 0.6 is 0 Å². The average Bonchev–Trinajstić information content (AvgIpc) is 2.45. The number of rotatable bonds is 4. The minimum atomic E-state index is -0.0790. The molecule has 6 nitrogen and oxygen atoms in total. The van der Waals surface area contributed by atoms with Gasteiger partial charge in [0, 0.05) is 19.6 Å². The number of nitrogens with one attached hydrogen (secondary N) is 1. The molecule has 1 fully saturated rings. The molecule has 1 aromatic rings. The van der Waals surface area contributed by atoms with Crippen molar-refractivity contribution in [2.24, 2.45) is 0 Å². The number of hydrogen-bond acceptors (Lipinski definition) is 5. The monoisotopic (exact) mass is 264 g/mol. The highest BCUT2D eigenvalue weighted by Gasteiger charge is 2.23. The minimum absolute atomic E-state index is 0.0790. The molecular weight excluding hydrogens is 244 g/mol. The predicted octanol–water partition coefficient (Wildman–Crippen LogP) is 1.16. The van der Waals surface area contributed by atoms with Crippen LogP contribution in [0.2, 0.25) is 0 Å². The zero-order valence-corrected chi connectivity index (χ0v) is 11.4. The number of anilines is 1. The molecule has 1 saturated heterocycles. The topological polar surface area (TPSA) is 67.4 Å². The predicted molar refractivity (Wildman–Crippen MR) is 72.1 cm³/mol. The lowest BCUT2D eigenvalue weighted by atomic mass is 10.2. The van der Waals surface area contributed by atoms with Crippen molar-refractivity contribution < 1.29 is 9.53 Å². The van der Waals surface area contributed by atoms with Crippen LogP contribution in [-0.2, 0) is 4.74 Å². The third kappa shape index (κ3) is 3.64. The van der Waals surface area contributed by atoms with Crippen LogP contribution in [0.25, 0.3) is 0 Å². The largest absolute Gasteiger partial charge is 0.375 e. The average molecular weight is 264 g/mol. The first kappa shape index (κ1) is 13.7. The van der Waals surface area contributed by atoms with Crippen LogP contribution in [0, 0.1) is 0 Å². The van der Waals surface area contributed by atoms with Crippen molar-refractivity contribution in [1.29, 1.82) is 0 Å². The number of carbonyl (C=O) groups excluding carboxylic acids is 1. The third-order valence-corrected chi connectivity index (χ3v) is 2.96. The Morgan fingerprint density at radius 3 is 3.00 bits per heavy atom. The van der Waals surface area contributed by atoms with E-state index in [1.54, 1.807) is 11.1 Å². The van der Waals surface area contributed by atoms with E-state index >= 15 is 0 Å². The quantitative estimate of drug-likeness (QED) is 0.884. The first-order valence-corrected chi connectivity index (χ1v) is 6.67. The molecule has 1 aromatic heterocycles. The van der Waals surface area contributed by atoms with Crippen molar-refractivity contribution >= 4 is 11.7 Å². The standard InChI is InChI=1S/C13H20N4O2/c1-3-4-14-12-8-15-11(7-16-12)13(18)17-5-6-19-10(2)9-17/h7-8,10H,3-6,9H2,1-2H3,(H,14,16). The van der Waals surface area contributed by atoms with Gasteiger partial charge in [-0.05, 0) is 13.3 Å². The summed E-state index contributed by atoms with van der Waals surface area (Å²) in [7, 11) is 0. The molecule has 19 heavy (non-hydrogen) atoms. The van der Waals surface area contributed by atoms with Crippen LogP contribution in [-0.4, -0.2) is 53.1 Å². The van der Waals surface area contributed by atoms with E-state index in [-0.39, 0.29) is 12.0 Å². The Kier molecular flexibility index (Phi) is 4.68. The maximum Gasteiger partial charge on any atom is 0.274 e. The molecule has 2 rings (SSSR count). The van der Waals surface area contributed by atoms with Gasteiger partial charge in [-0.2, -0.15) is 0 Å². The summed E-state index contributed by atoms with van der Waals surface area (Å²) in [6, 6.07) is 0. The van der Waals surface area contributed by atoms with Crippen molar-refractivity contribution in [2.45, 2.75) is 26.4 Å². The van der Waals surface area contributed by atoms with Gasteiger partial charge in [-0.15, -0.1) is 0 Å². The summed E-state index contributed by atoms with van der Waals surface area (Å²) in [5.74, 6) is 0.624. The van der Waals surface area contributed by atoms with Gasteiger partial charge in [-0.3, -0.25) is 4.79 Å². The first-order valence-electron chi connectivity index (χ1n) is 6.67. The van der Waals surface area contributed by atoms with E-state index in [0.29, 0.717) is 31.2 Å². The number of nitrogens with zero attached hydrogens (tertiary/aromatic N) is 3. The summed E-state index contributed by atoms with van der Waals surface area (Å²) in [6.45, 7) is 6.69. The smallest absolute Gasteiger partial charge is 0.274 e. The Hall–Kier alpha value is -1.69. The Bertz CT molecular complexity index is 421. The second-order valence-corrected chi connectivity index (χ2v) is 4.65. The van der Waals surface area contributed by atoms with Gasteiger partial charge >= 0.3 is 0 Å². The summed E-state index contributed by atoms with van der Waals surface area (Å²) >= 11 is 0. The van der Waals surface area contributed by atoms with E-state index in [1.807, 2.05) is 6.92 Å². The maximum atomic E-state index is 12.2. The second kappa shape index (κ2) is 6.47. The van der Waals surface area contributed by atoms with E-state index in [9.17, 15) is 4.79 Å². The lowest BCUT2D eigenvalue weighted by Crippen LogP contribution is -2.44. The highest BCUT2D eigenvalue weighted by Crippen LogP contribution is 2.09. The van der Waals surface area contributed by atoms with Crippen LogP contribution in [0.5, 0.6) is 0 Å². The van der Waals surface area contributed by atoms with E-state index in [0.717, 1.165) is 13.0 Å². The van der Waals surface area contributed by atoms with Gasteiger partial charge in [0.15, 0.2) is 0 Å². The van der Waals surface area contributed by atoms with Crippen LogP contribution in [0.4, 0.5) is 5.82 Å². The van der Waals surface area contributed by atoms with Crippen molar-refractivity contribution in [3.8, 4) is 0 Å². The number of amides is 1. The summed E-state index contributed by atoms with van der Waals surface area (Å²) in [6.07, 6.45) is 4.23. The number of morpholine rings is 1. The van der Waals surface area contributed by atoms with E-state index < -0.39 is 0 Å². The van der Waals surface area contributed by atoms with Gasteiger partial charge in [0.05, 0.1) is 25.1 Å². The van der Waals surface area contributed by atoms with Gasteiger partial charge in [0.1, 0.15) is 11.5 Å². The number of ether oxygens (including phenoxy) is 1. The SMILES string of the molecule is CCCNc1cnc(C(=O)N2CCOC(C)C2)cn1. The molecule has 0 saturated carbocycles. The van der Waals surface area contributed by atoms with Crippen LogP contribution < -0.4 is 5.32 Å². The molecule has 1 aliphatic heterocycles. The minimum Gasteiger partial charge on any atom is -0.375 e. The van der Waals surface area contributed by atoms with E-state index in [1.165, 1.54) is 6.20 Å². The third-order valence-electron chi connectivity index (χ3n) is 2.96. The van der Waals surface area contributed by atoms with Crippen molar-refractivity contribution in [3.63, 3.8) is 0 Å². The second-order valence-electron chi connectivity index (χ2n) is 4.65. The van der Waals surface area contributed by atoms with Crippen molar-refractivity contribution in [2.75, 3.05) is 31.6 Å². The Morgan fingerprint density at radius 1 is 1.53 bits per heavy atom. The molecule has 1 amide bonds. The normalized spacial score (nSPS) is 19.3. The molecule has 0 radical (unpaired) electrons. The summed E-state index contributed by atoms with van der Waals surface area (Å²) in [5.41, 5.74) is 0.385. The molecular formula is C13H20N4O2. The first-order chi connectivity index (χ1) is 9.20. The van der Waals surface area contributed by atoms with Crippen molar-refractivity contribution in [1.82, 2.24) is 14.9 Å². The molecule has 0 aromatic carbocycles. The highest BCUT2D eigenvalue weighted by atomic mass is 16.5. The highest BCUT2D eigenvalue weighted by molar-refractivity contribution is 5.92. The molecule has 1 unspecified atom stereocenters. The maximum absolute atomic E-state index is 12.2. The van der Waals surface area contributed by atoms with Gasteiger partial charge in [-0.25, -0.2) is 9.97 Å². The summed E-state index contributed by atoms with van der Waals surface area (Å²) < 4.78 is 5.42. The van der Waals surface area contributed by atoms with Crippen LogP contribution in [0.1, 0.15) is 30.8 Å². The Balaban J connectivity index is 1.98. The lowest BCUT2D eigenvalue weighted by Gasteiger charge is -2.30. The van der Waals surface area contributed by atoms with Crippen molar-refractivity contribution in [3.05, 3.63) is 18.1 Å². The molecule has 104 valence electrons. The fourth-order valence-corrected chi connectivity index (χ4v) is 1.95. The molecule has 0 spiro atoms. The molecule has 1 aliphatic rings. The van der Waals surface area contributed by atoms with Gasteiger partial charge in [0.25, 0.3) is 5.91 Å². The zero-order valence-electron chi connectivity index (χ0n) is 11.4. The number of carbonyl (C=O) groups is 1. The van der Waals surface area contributed by atoms with Crippen LogP contribution in [0.3, 0.4) is 0 Å². The number of aromatic nitrogens is 2. The van der Waals surface area contributed by atoms with Gasteiger partial charge in [-0.1, -0.05) is 6.92 Å². The molecule has 1 N–H and O–H groups in total. The summed E-state index contributed by atoms with van der Waals surface area (Å²) in [5, 5.41) is 3.13. The lowest BCUT2D eigenvalue weighted by molar-refractivity contribution is -0.0126.